The Bertz CT molecular complexity index is 581. The summed E-state index contributed by atoms with van der Waals surface area (Å²) in [6, 6.07) is 8.78. The second-order valence-corrected chi connectivity index (χ2v) is 4.23. The molecule has 1 atom stereocenters. The van der Waals surface area contributed by atoms with Crippen LogP contribution in [0.4, 0.5) is 0 Å². The third kappa shape index (κ3) is 2.49. The number of aliphatic carboxylic acids is 1. The maximum Gasteiger partial charge on any atom is 0.325 e. The molecule has 2 aromatic rings. The lowest BCUT2D eigenvalue weighted by molar-refractivity contribution is -0.139. The summed E-state index contributed by atoms with van der Waals surface area (Å²) in [5.74, 6) is -0.865. The first-order valence-corrected chi connectivity index (χ1v) is 5.95. The average Bonchev–Trinajstić information content (AvgIpc) is 2.35. The smallest absolute Gasteiger partial charge is 0.325 e. The second kappa shape index (κ2) is 5.14. The molecule has 2 N–H and O–H groups in total. The van der Waals surface area contributed by atoms with Crippen LogP contribution >= 0.6 is 0 Å². The third-order valence-electron chi connectivity index (χ3n) is 2.84. The molecule has 4 nitrogen and oxygen atoms in total. The summed E-state index contributed by atoms with van der Waals surface area (Å²) in [6.45, 7) is 4.44. The molecular formula is C14H16N2O2. The Morgan fingerprint density at radius 2 is 2.17 bits per heavy atom. The van der Waals surface area contributed by atoms with E-state index in [1.807, 2.05) is 44.2 Å². The normalized spacial score (nSPS) is 12.6. The summed E-state index contributed by atoms with van der Waals surface area (Å²) in [6.07, 6.45) is 0. The number of fused-ring (bicyclic) bond motifs is 1. The monoisotopic (exact) mass is 244 g/mol. The SMILES string of the molecule is CCNC(C(=O)O)c1ccc2nc(C)ccc2c1. The number of hydrogen-bond donors (Lipinski definition) is 2. The van der Waals surface area contributed by atoms with Gasteiger partial charge in [-0.25, -0.2) is 0 Å². The Morgan fingerprint density at radius 1 is 1.39 bits per heavy atom. The molecule has 2 rings (SSSR count). The number of nitrogens with one attached hydrogen (secondary N) is 1. The van der Waals surface area contributed by atoms with Crippen LogP contribution in [-0.2, 0) is 4.79 Å². The van der Waals surface area contributed by atoms with E-state index < -0.39 is 12.0 Å². The van der Waals surface area contributed by atoms with E-state index >= 15 is 0 Å². The van der Waals surface area contributed by atoms with Gasteiger partial charge in [-0.1, -0.05) is 19.1 Å². The molecule has 0 saturated heterocycles. The number of nitrogens with zero attached hydrogens (tertiary/aromatic N) is 1. The molecule has 1 aromatic heterocycles. The van der Waals surface area contributed by atoms with Gasteiger partial charge in [0.25, 0.3) is 0 Å². The van der Waals surface area contributed by atoms with E-state index in [2.05, 4.69) is 10.3 Å². The van der Waals surface area contributed by atoms with Crippen molar-refractivity contribution < 1.29 is 9.90 Å². The molecule has 1 unspecified atom stereocenters. The highest BCUT2D eigenvalue weighted by molar-refractivity contribution is 5.82. The Hall–Kier alpha value is -1.94. The van der Waals surface area contributed by atoms with Crippen LogP contribution in [0.2, 0.25) is 0 Å². The van der Waals surface area contributed by atoms with E-state index in [-0.39, 0.29) is 0 Å². The molecule has 0 saturated carbocycles. The van der Waals surface area contributed by atoms with E-state index in [9.17, 15) is 9.90 Å². The number of carboxylic acids is 1. The minimum absolute atomic E-state index is 0.612. The highest BCUT2D eigenvalue weighted by Gasteiger charge is 2.18. The Kier molecular flexibility index (Phi) is 3.58. The lowest BCUT2D eigenvalue weighted by atomic mass is 10.0. The molecule has 0 fully saturated rings. The number of aromatic nitrogens is 1. The van der Waals surface area contributed by atoms with Gasteiger partial charge < -0.3 is 10.4 Å². The summed E-state index contributed by atoms with van der Waals surface area (Å²) in [5, 5.41) is 13.1. The molecule has 0 bridgehead atoms. The summed E-state index contributed by atoms with van der Waals surface area (Å²) >= 11 is 0. The van der Waals surface area contributed by atoms with Gasteiger partial charge in [-0.2, -0.15) is 0 Å². The van der Waals surface area contributed by atoms with Gasteiger partial charge in [-0.3, -0.25) is 9.78 Å². The van der Waals surface area contributed by atoms with E-state index in [1.165, 1.54) is 0 Å². The van der Waals surface area contributed by atoms with Crippen molar-refractivity contribution >= 4 is 16.9 Å². The van der Waals surface area contributed by atoms with Crippen molar-refractivity contribution in [2.45, 2.75) is 19.9 Å². The van der Waals surface area contributed by atoms with Crippen molar-refractivity contribution in [3.05, 3.63) is 41.6 Å². The third-order valence-corrected chi connectivity index (χ3v) is 2.84. The molecule has 0 aliphatic rings. The summed E-state index contributed by atoms with van der Waals surface area (Å²) in [7, 11) is 0. The van der Waals surface area contributed by atoms with Crippen molar-refractivity contribution in [2.24, 2.45) is 0 Å². The standard InChI is InChI=1S/C14H16N2O2/c1-3-15-13(14(17)18)11-6-7-12-10(8-11)5-4-9(2)16-12/h4-8,13,15H,3H2,1-2H3,(H,17,18). The van der Waals surface area contributed by atoms with Gasteiger partial charge in [0, 0.05) is 11.1 Å². The minimum Gasteiger partial charge on any atom is -0.480 e. The molecule has 1 heterocycles. The predicted molar refractivity (Wildman–Crippen MR) is 70.5 cm³/mol. The van der Waals surface area contributed by atoms with Crippen LogP contribution in [0.3, 0.4) is 0 Å². The van der Waals surface area contributed by atoms with Gasteiger partial charge in [0.1, 0.15) is 6.04 Å². The van der Waals surface area contributed by atoms with Crippen LogP contribution in [-0.4, -0.2) is 22.6 Å². The maximum absolute atomic E-state index is 11.2. The number of rotatable bonds is 4. The first-order chi connectivity index (χ1) is 8.61. The molecule has 0 radical (unpaired) electrons. The van der Waals surface area contributed by atoms with Crippen molar-refractivity contribution in [1.29, 1.82) is 0 Å². The van der Waals surface area contributed by atoms with Crippen LogP contribution in [0.25, 0.3) is 10.9 Å². The quantitative estimate of drug-likeness (QED) is 0.866. The second-order valence-electron chi connectivity index (χ2n) is 4.23. The van der Waals surface area contributed by atoms with Gasteiger partial charge in [0.2, 0.25) is 0 Å². The summed E-state index contributed by atoms with van der Waals surface area (Å²) < 4.78 is 0. The van der Waals surface area contributed by atoms with Crippen molar-refractivity contribution in [2.75, 3.05) is 6.54 Å². The van der Waals surface area contributed by atoms with Crippen molar-refractivity contribution in [1.82, 2.24) is 10.3 Å². The number of benzene rings is 1. The number of pyridine rings is 1. The van der Waals surface area contributed by atoms with Gasteiger partial charge in [-0.15, -0.1) is 0 Å². The number of likely N-dealkylation sites (N-methyl/N-ethyl adjacent to an activating group) is 1. The van der Waals surface area contributed by atoms with E-state index in [0.717, 1.165) is 22.2 Å². The van der Waals surface area contributed by atoms with Crippen LogP contribution in [0.1, 0.15) is 24.2 Å². The Balaban J connectivity index is 2.45. The average molecular weight is 244 g/mol. The predicted octanol–water partition coefficient (Wildman–Crippen LogP) is 2.28. The maximum atomic E-state index is 11.2. The fourth-order valence-electron chi connectivity index (χ4n) is 1.98. The van der Waals surface area contributed by atoms with Crippen molar-refractivity contribution in [3.63, 3.8) is 0 Å². The fourth-order valence-corrected chi connectivity index (χ4v) is 1.98. The van der Waals surface area contributed by atoms with Crippen LogP contribution in [0.5, 0.6) is 0 Å². The summed E-state index contributed by atoms with van der Waals surface area (Å²) in [5.41, 5.74) is 2.60. The molecular weight excluding hydrogens is 228 g/mol. The lowest BCUT2D eigenvalue weighted by Crippen LogP contribution is -2.28. The zero-order chi connectivity index (χ0) is 13.1. The van der Waals surface area contributed by atoms with Crippen LogP contribution < -0.4 is 5.32 Å². The highest BCUT2D eigenvalue weighted by atomic mass is 16.4. The zero-order valence-corrected chi connectivity index (χ0v) is 10.5. The molecule has 4 heteroatoms. The van der Waals surface area contributed by atoms with E-state index in [1.54, 1.807) is 0 Å². The topological polar surface area (TPSA) is 62.2 Å². The lowest BCUT2D eigenvalue weighted by Gasteiger charge is -2.14. The van der Waals surface area contributed by atoms with Gasteiger partial charge in [-0.05, 0) is 37.2 Å². The Labute approximate surface area is 106 Å². The fraction of sp³-hybridized carbons (Fsp3) is 0.286. The first-order valence-electron chi connectivity index (χ1n) is 5.95. The molecule has 18 heavy (non-hydrogen) atoms. The Morgan fingerprint density at radius 3 is 2.83 bits per heavy atom. The number of carbonyl (C=O) groups is 1. The minimum atomic E-state index is -0.865. The highest BCUT2D eigenvalue weighted by Crippen LogP contribution is 2.20. The summed E-state index contributed by atoms with van der Waals surface area (Å²) in [4.78, 5) is 15.6. The molecule has 0 amide bonds. The first kappa shape index (κ1) is 12.5. The molecule has 0 spiro atoms. The number of aryl methyl sites for hydroxylation is 1. The van der Waals surface area contributed by atoms with Gasteiger partial charge >= 0.3 is 5.97 Å². The molecule has 94 valence electrons. The van der Waals surface area contributed by atoms with Crippen molar-refractivity contribution in [3.8, 4) is 0 Å². The number of carboxylic acid groups (broad SMARTS) is 1. The molecule has 0 aliphatic carbocycles. The molecule has 1 aromatic carbocycles. The van der Waals surface area contributed by atoms with Gasteiger partial charge in [0.15, 0.2) is 0 Å². The van der Waals surface area contributed by atoms with Gasteiger partial charge in [0.05, 0.1) is 5.52 Å². The zero-order valence-electron chi connectivity index (χ0n) is 10.5. The largest absolute Gasteiger partial charge is 0.480 e. The van der Waals surface area contributed by atoms with E-state index in [0.29, 0.717) is 6.54 Å². The van der Waals surface area contributed by atoms with E-state index in [4.69, 9.17) is 0 Å². The van der Waals surface area contributed by atoms with Crippen LogP contribution in [0, 0.1) is 6.92 Å². The number of hydrogen-bond acceptors (Lipinski definition) is 3. The molecule has 0 aliphatic heterocycles. The van der Waals surface area contributed by atoms with Crippen LogP contribution in [0.15, 0.2) is 30.3 Å².